The van der Waals surface area contributed by atoms with Crippen molar-refractivity contribution >= 4 is 23.5 Å². The Kier molecular flexibility index (Phi) is 7.70. The molecule has 0 unspecified atom stereocenters. The number of rotatable bonds is 8. The van der Waals surface area contributed by atoms with Gasteiger partial charge >= 0.3 is 0 Å². The zero-order valence-electron chi connectivity index (χ0n) is 15.1. The first-order valence-electron chi connectivity index (χ1n) is 8.08. The largest absolute Gasteiger partial charge is 0.496 e. The Morgan fingerprint density at radius 3 is 2.31 bits per heavy atom. The Labute approximate surface area is 159 Å². The fourth-order valence-corrected chi connectivity index (χ4v) is 2.47. The number of nitrogens with one attached hydrogen (secondary N) is 2. The summed E-state index contributed by atoms with van der Waals surface area (Å²) >= 11 is 5.22. The first-order chi connectivity index (χ1) is 12.7. The van der Waals surface area contributed by atoms with Crippen molar-refractivity contribution in [2.24, 2.45) is 5.10 Å². The molecule has 0 heterocycles. The van der Waals surface area contributed by atoms with Crippen LogP contribution in [0, 0.1) is 0 Å². The van der Waals surface area contributed by atoms with Crippen LogP contribution in [0.3, 0.4) is 0 Å². The molecule has 0 aliphatic rings. The van der Waals surface area contributed by atoms with E-state index in [-0.39, 0.29) is 0 Å². The van der Waals surface area contributed by atoms with Crippen LogP contribution < -0.4 is 25.0 Å². The fourth-order valence-electron chi connectivity index (χ4n) is 2.32. The minimum Gasteiger partial charge on any atom is -0.496 e. The van der Waals surface area contributed by atoms with Crippen molar-refractivity contribution in [3.05, 3.63) is 53.6 Å². The van der Waals surface area contributed by atoms with Crippen molar-refractivity contribution < 1.29 is 14.2 Å². The van der Waals surface area contributed by atoms with Crippen molar-refractivity contribution in [2.75, 3.05) is 27.9 Å². The van der Waals surface area contributed by atoms with E-state index in [4.69, 9.17) is 26.4 Å². The predicted octanol–water partition coefficient (Wildman–Crippen LogP) is 2.75. The number of hydrogen-bond acceptors (Lipinski definition) is 5. The van der Waals surface area contributed by atoms with Crippen LogP contribution in [0.4, 0.5) is 0 Å². The van der Waals surface area contributed by atoms with Gasteiger partial charge in [-0.2, -0.15) is 5.10 Å². The molecule has 0 saturated carbocycles. The molecule has 2 aromatic carbocycles. The average Bonchev–Trinajstić information content (AvgIpc) is 2.68. The summed E-state index contributed by atoms with van der Waals surface area (Å²) < 4.78 is 15.9. The normalized spacial score (nSPS) is 10.4. The summed E-state index contributed by atoms with van der Waals surface area (Å²) in [7, 11) is 4.74. The van der Waals surface area contributed by atoms with Crippen LogP contribution in [0.1, 0.15) is 11.1 Å². The third kappa shape index (κ3) is 5.63. The van der Waals surface area contributed by atoms with Crippen LogP contribution in [-0.4, -0.2) is 39.2 Å². The van der Waals surface area contributed by atoms with Crippen molar-refractivity contribution in [3.63, 3.8) is 0 Å². The van der Waals surface area contributed by atoms with Gasteiger partial charge in [0.05, 0.1) is 27.5 Å². The van der Waals surface area contributed by atoms with Crippen LogP contribution in [0.5, 0.6) is 17.2 Å². The van der Waals surface area contributed by atoms with Gasteiger partial charge < -0.3 is 19.5 Å². The van der Waals surface area contributed by atoms with E-state index in [1.165, 1.54) is 5.56 Å². The monoisotopic (exact) mass is 373 g/mol. The second kappa shape index (κ2) is 10.2. The highest BCUT2D eigenvalue weighted by Crippen LogP contribution is 2.33. The number of benzene rings is 2. The quantitative estimate of drug-likeness (QED) is 0.421. The first-order valence-corrected chi connectivity index (χ1v) is 8.49. The summed E-state index contributed by atoms with van der Waals surface area (Å²) in [4.78, 5) is 0. The molecule has 0 fully saturated rings. The van der Waals surface area contributed by atoms with E-state index in [9.17, 15) is 0 Å². The summed E-state index contributed by atoms with van der Waals surface area (Å²) in [6, 6.07) is 13.7. The fraction of sp³-hybridized carbons (Fsp3) is 0.263. The first kappa shape index (κ1) is 19.5. The van der Waals surface area contributed by atoms with Crippen molar-refractivity contribution in [2.45, 2.75) is 6.42 Å². The molecule has 2 rings (SSSR count). The van der Waals surface area contributed by atoms with E-state index < -0.39 is 0 Å². The number of methoxy groups -OCH3 is 3. The molecule has 0 saturated heterocycles. The minimum absolute atomic E-state index is 0.455. The second-order valence-electron chi connectivity index (χ2n) is 5.31. The number of nitrogens with zero attached hydrogens (tertiary/aromatic N) is 1. The molecule has 7 heteroatoms. The van der Waals surface area contributed by atoms with Crippen LogP contribution in [0.25, 0.3) is 0 Å². The Balaban J connectivity index is 1.89. The smallest absolute Gasteiger partial charge is 0.186 e. The van der Waals surface area contributed by atoms with E-state index in [1.54, 1.807) is 39.7 Å². The molecule has 26 heavy (non-hydrogen) atoms. The molecule has 6 nitrogen and oxygen atoms in total. The van der Waals surface area contributed by atoms with E-state index in [0.29, 0.717) is 22.4 Å². The van der Waals surface area contributed by atoms with Gasteiger partial charge in [0.2, 0.25) is 0 Å². The lowest BCUT2D eigenvalue weighted by molar-refractivity contribution is 0.349. The Bertz CT molecular complexity index is 751. The Morgan fingerprint density at radius 2 is 1.65 bits per heavy atom. The summed E-state index contributed by atoms with van der Waals surface area (Å²) in [5, 5.41) is 7.72. The topological polar surface area (TPSA) is 64.1 Å². The van der Waals surface area contributed by atoms with E-state index in [0.717, 1.165) is 18.5 Å². The highest BCUT2D eigenvalue weighted by atomic mass is 32.1. The van der Waals surface area contributed by atoms with E-state index in [1.807, 2.05) is 18.2 Å². The standard InChI is InChI=1S/C19H23N3O3S/c1-23-16-12-18(25-3)17(24-2)11-15(16)13-21-22-19(26)20-10-9-14-7-5-4-6-8-14/h4-8,11-13H,9-10H2,1-3H3,(H2,20,22,26)/b21-13-. The van der Waals surface area contributed by atoms with Gasteiger partial charge in [0.1, 0.15) is 5.75 Å². The van der Waals surface area contributed by atoms with Gasteiger partial charge in [0.25, 0.3) is 0 Å². The summed E-state index contributed by atoms with van der Waals surface area (Å²) in [6.45, 7) is 0.727. The van der Waals surface area contributed by atoms with Crippen LogP contribution in [0.2, 0.25) is 0 Å². The molecule has 0 radical (unpaired) electrons. The molecule has 138 valence electrons. The number of thiocarbonyl (C=S) groups is 1. The molecular weight excluding hydrogens is 350 g/mol. The van der Waals surface area contributed by atoms with Crippen molar-refractivity contribution in [1.29, 1.82) is 0 Å². The third-order valence-electron chi connectivity index (χ3n) is 3.65. The molecule has 0 aliphatic heterocycles. The zero-order chi connectivity index (χ0) is 18.8. The average molecular weight is 373 g/mol. The van der Waals surface area contributed by atoms with Crippen LogP contribution in [0.15, 0.2) is 47.6 Å². The summed E-state index contributed by atoms with van der Waals surface area (Å²) in [5.74, 6) is 1.81. The SMILES string of the molecule is COc1cc(OC)c(OC)cc1/C=N\NC(=S)NCCc1ccccc1. The molecule has 0 atom stereocenters. The van der Waals surface area contributed by atoms with Gasteiger partial charge in [-0.3, -0.25) is 5.43 Å². The van der Waals surface area contributed by atoms with Gasteiger partial charge in [-0.1, -0.05) is 30.3 Å². The number of hydrogen-bond donors (Lipinski definition) is 2. The van der Waals surface area contributed by atoms with Gasteiger partial charge in [0.15, 0.2) is 16.6 Å². The maximum atomic E-state index is 5.36. The molecule has 2 N–H and O–H groups in total. The number of ether oxygens (including phenoxy) is 3. The van der Waals surface area contributed by atoms with E-state index >= 15 is 0 Å². The van der Waals surface area contributed by atoms with Gasteiger partial charge in [-0.05, 0) is 30.3 Å². The van der Waals surface area contributed by atoms with Crippen molar-refractivity contribution in [1.82, 2.24) is 10.7 Å². The summed E-state index contributed by atoms with van der Waals surface area (Å²) in [5.41, 5.74) is 4.79. The van der Waals surface area contributed by atoms with Crippen LogP contribution >= 0.6 is 12.2 Å². The molecule has 0 amide bonds. The number of hydrazone groups is 1. The van der Waals surface area contributed by atoms with Gasteiger partial charge in [-0.15, -0.1) is 0 Å². The lowest BCUT2D eigenvalue weighted by Gasteiger charge is -2.12. The third-order valence-corrected chi connectivity index (χ3v) is 3.88. The maximum absolute atomic E-state index is 5.36. The second-order valence-corrected chi connectivity index (χ2v) is 5.72. The zero-order valence-corrected chi connectivity index (χ0v) is 15.9. The summed E-state index contributed by atoms with van der Waals surface area (Å²) in [6.07, 6.45) is 2.50. The van der Waals surface area contributed by atoms with Crippen LogP contribution in [-0.2, 0) is 6.42 Å². The van der Waals surface area contributed by atoms with Crippen molar-refractivity contribution in [3.8, 4) is 17.2 Å². The lowest BCUT2D eigenvalue weighted by atomic mass is 10.1. The molecule has 0 bridgehead atoms. The van der Waals surface area contributed by atoms with E-state index in [2.05, 4.69) is 28.0 Å². The minimum atomic E-state index is 0.455. The van der Waals surface area contributed by atoms with Gasteiger partial charge in [0, 0.05) is 18.2 Å². The molecule has 2 aromatic rings. The highest BCUT2D eigenvalue weighted by Gasteiger charge is 2.10. The highest BCUT2D eigenvalue weighted by molar-refractivity contribution is 7.80. The molecule has 0 aromatic heterocycles. The molecule has 0 aliphatic carbocycles. The Hall–Kier alpha value is -2.80. The lowest BCUT2D eigenvalue weighted by Crippen LogP contribution is -2.33. The predicted molar refractivity (Wildman–Crippen MR) is 108 cm³/mol. The molecule has 0 spiro atoms. The van der Waals surface area contributed by atoms with Gasteiger partial charge in [-0.25, -0.2) is 0 Å². The maximum Gasteiger partial charge on any atom is 0.186 e. The molecular formula is C19H23N3O3S. The Morgan fingerprint density at radius 1 is 1.00 bits per heavy atom.